The summed E-state index contributed by atoms with van der Waals surface area (Å²) in [6, 6.07) is 11.5. The SMILES string of the molecule is CN1CCC(CN2CCN(c3ccc(F)cc3)c3cc(F)ccc32)CC1. The maximum Gasteiger partial charge on any atom is 0.125 e. The molecule has 0 N–H and O–H groups in total. The van der Waals surface area contributed by atoms with Crippen molar-refractivity contribution in [1.29, 1.82) is 0 Å². The second-order valence-electron chi connectivity index (χ2n) is 7.45. The molecule has 4 rings (SSSR count). The minimum atomic E-state index is -0.255. The molecule has 0 unspecified atom stereocenters. The topological polar surface area (TPSA) is 9.72 Å². The van der Waals surface area contributed by atoms with Gasteiger partial charge in [-0.15, -0.1) is 0 Å². The summed E-state index contributed by atoms with van der Waals surface area (Å²) in [7, 11) is 2.18. The van der Waals surface area contributed by atoms with Gasteiger partial charge in [-0.2, -0.15) is 0 Å². The van der Waals surface area contributed by atoms with Crippen molar-refractivity contribution in [3.05, 3.63) is 54.1 Å². The summed E-state index contributed by atoms with van der Waals surface area (Å²) in [4.78, 5) is 6.86. The average Bonchev–Trinajstić information content (AvgIpc) is 2.64. The van der Waals surface area contributed by atoms with E-state index in [-0.39, 0.29) is 11.6 Å². The molecule has 0 atom stereocenters. The first kappa shape index (κ1) is 17.3. The quantitative estimate of drug-likeness (QED) is 0.812. The number of halogens is 2. The zero-order valence-corrected chi connectivity index (χ0v) is 15.2. The summed E-state index contributed by atoms with van der Waals surface area (Å²) in [5, 5.41) is 0. The van der Waals surface area contributed by atoms with Crippen LogP contribution >= 0.6 is 0 Å². The summed E-state index contributed by atoms with van der Waals surface area (Å²) in [6.45, 7) is 4.98. The molecular formula is C21H25F2N3. The van der Waals surface area contributed by atoms with Crippen molar-refractivity contribution in [2.75, 3.05) is 49.6 Å². The zero-order chi connectivity index (χ0) is 18.1. The van der Waals surface area contributed by atoms with Crippen LogP contribution in [0.25, 0.3) is 0 Å². The molecule has 138 valence electrons. The van der Waals surface area contributed by atoms with E-state index in [2.05, 4.69) is 21.7 Å². The Morgan fingerprint density at radius 1 is 0.846 bits per heavy atom. The van der Waals surface area contributed by atoms with E-state index >= 15 is 0 Å². The van der Waals surface area contributed by atoms with Crippen LogP contribution in [-0.2, 0) is 0 Å². The Labute approximate surface area is 153 Å². The Bertz CT molecular complexity index is 754. The minimum Gasteiger partial charge on any atom is -0.368 e. The van der Waals surface area contributed by atoms with Crippen LogP contribution in [0.15, 0.2) is 42.5 Å². The molecule has 0 spiro atoms. The largest absolute Gasteiger partial charge is 0.368 e. The fourth-order valence-electron chi connectivity index (χ4n) is 4.08. The Morgan fingerprint density at radius 3 is 2.27 bits per heavy atom. The molecule has 1 fully saturated rings. The first-order valence-corrected chi connectivity index (χ1v) is 9.36. The van der Waals surface area contributed by atoms with Crippen LogP contribution in [0.2, 0.25) is 0 Å². The van der Waals surface area contributed by atoms with Gasteiger partial charge in [0.05, 0.1) is 11.4 Å². The molecule has 5 heteroatoms. The maximum atomic E-state index is 14.0. The number of hydrogen-bond acceptors (Lipinski definition) is 3. The van der Waals surface area contributed by atoms with Gasteiger partial charge in [-0.3, -0.25) is 0 Å². The van der Waals surface area contributed by atoms with Crippen LogP contribution in [-0.4, -0.2) is 44.7 Å². The van der Waals surface area contributed by atoms with Gasteiger partial charge in [0.1, 0.15) is 11.6 Å². The van der Waals surface area contributed by atoms with E-state index in [0.29, 0.717) is 5.92 Å². The third-order valence-corrected chi connectivity index (χ3v) is 5.62. The molecule has 0 bridgehead atoms. The highest BCUT2D eigenvalue weighted by Gasteiger charge is 2.27. The van der Waals surface area contributed by atoms with Gasteiger partial charge in [-0.05, 0) is 81.4 Å². The van der Waals surface area contributed by atoms with Gasteiger partial charge in [0.2, 0.25) is 0 Å². The van der Waals surface area contributed by atoms with E-state index in [1.54, 1.807) is 18.2 Å². The van der Waals surface area contributed by atoms with Crippen LogP contribution in [0, 0.1) is 17.6 Å². The van der Waals surface area contributed by atoms with Crippen molar-refractivity contribution in [1.82, 2.24) is 4.90 Å². The third-order valence-electron chi connectivity index (χ3n) is 5.62. The number of anilines is 3. The molecule has 1 saturated heterocycles. The highest BCUT2D eigenvalue weighted by Crippen LogP contribution is 2.39. The number of hydrogen-bond donors (Lipinski definition) is 0. The Balaban J connectivity index is 1.59. The van der Waals surface area contributed by atoms with Gasteiger partial charge < -0.3 is 14.7 Å². The molecule has 2 aliphatic heterocycles. The lowest BCUT2D eigenvalue weighted by Gasteiger charge is -2.41. The Hall–Kier alpha value is -2.14. The van der Waals surface area contributed by atoms with Gasteiger partial charge in [0.15, 0.2) is 0 Å². The van der Waals surface area contributed by atoms with Crippen molar-refractivity contribution in [3.8, 4) is 0 Å². The van der Waals surface area contributed by atoms with Crippen LogP contribution in [0.4, 0.5) is 25.8 Å². The number of nitrogens with zero attached hydrogens (tertiary/aromatic N) is 3. The van der Waals surface area contributed by atoms with Gasteiger partial charge in [0, 0.05) is 25.3 Å². The molecule has 2 aromatic rings. The molecule has 0 amide bonds. The number of piperidine rings is 1. The Morgan fingerprint density at radius 2 is 1.54 bits per heavy atom. The van der Waals surface area contributed by atoms with Gasteiger partial charge in [-0.1, -0.05) is 0 Å². The highest BCUT2D eigenvalue weighted by atomic mass is 19.1. The molecule has 2 aliphatic rings. The monoisotopic (exact) mass is 357 g/mol. The molecule has 0 aromatic heterocycles. The number of benzene rings is 2. The second kappa shape index (κ2) is 7.23. The molecule has 26 heavy (non-hydrogen) atoms. The van der Waals surface area contributed by atoms with Crippen LogP contribution < -0.4 is 9.80 Å². The number of fused-ring (bicyclic) bond motifs is 1. The molecule has 0 aliphatic carbocycles. The minimum absolute atomic E-state index is 0.239. The van der Waals surface area contributed by atoms with Crippen LogP contribution in [0.5, 0.6) is 0 Å². The summed E-state index contributed by atoms with van der Waals surface area (Å²) < 4.78 is 27.2. The summed E-state index contributed by atoms with van der Waals surface area (Å²) >= 11 is 0. The predicted molar refractivity (Wildman–Crippen MR) is 102 cm³/mol. The average molecular weight is 357 g/mol. The molecule has 0 saturated carbocycles. The van der Waals surface area contributed by atoms with E-state index in [1.807, 2.05) is 6.07 Å². The molecule has 2 heterocycles. The summed E-state index contributed by atoms with van der Waals surface area (Å²) in [5.74, 6) is 0.188. The first-order valence-electron chi connectivity index (χ1n) is 9.36. The van der Waals surface area contributed by atoms with Gasteiger partial charge >= 0.3 is 0 Å². The van der Waals surface area contributed by atoms with Crippen molar-refractivity contribution in [3.63, 3.8) is 0 Å². The predicted octanol–water partition coefficient (Wildman–Crippen LogP) is 4.26. The van der Waals surface area contributed by atoms with Crippen molar-refractivity contribution in [2.24, 2.45) is 5.92 Å². The summed E-state index contributed by atoms with van der Waals surface area (Å²) in [6.07, 6.45) is 2.43. The van der Waals surface area contributed by atoms with E-state index in [1.165, 1.54) is 31.0 Å². The number of rotatable bonds is 3. The Kier molecular flexibility index (Phi) is 4.81. The normalized spacial score (nSPS) is 18.9. The second-order valence-corrected chi connectivity index (χ2v) is 7.45. The van der Waals surface area contributed by atoms with Crippen LogP contribution in [0.3, 0.4) is 0 Å². The standard InChI is InChI=1S/C21H25F2N3/c1-24-10-8-16(9-11-24)15-25-12-13-26(19-5-2-17(22)3-6-19)21-14-18(23)4-7-20(21)25/h2-7,14,16H,8-13,15H2,1H3. The molecule has 2 aromatic carbocycles. The lowest BCUT2D eigenvalue weighted by Crippen LogP contribution is -2.43. The van der Waals surface area contributed by atoms with E-state index in [0.717, 1.165) is 49.8 Å². The van der Waals surface area contributed by atoms with Crippen molar-refractivity contribution >= 4 is 17.1 Å². The molecule has 3 nitrogen and oxygen atoms in total. The lowest BCUT2D eigenvalue weighted by molar-refractivity contribution is 0.221. The fourth-order valence-corrected chi connectivity index (χ4v) is 4.08. The van der Waals surface area contributed by atoms with E-state index < -0.39 is 0 Å². The molecule has 0 radical (unpaired) electrons. The lowest BCUT2D eigenvalue weighted by atomic mass is 9.95. The third kappa shape index (κ3) is 3.54. The first-order chi connectivity index (χ1) is 12.6. The van der Waals surface area contributed by atoms with Crippen LogP contribution in [0.1, 0.15) is 12.8 Å². The van der Waals surface area contributed by atoms with Crippen molar-refractivity contribution in [2.45, 2.75) is 12.8 Å². The molecular weight excluding hydrogens is 332 g/mol. The van der Waals surface area contributed by atoms with Crippen molar-refractivity contribution < 1.29 is 8.78 Å². The summed E-state index contributed by atoms with van der Waals surface area (Å²) in [5.41, 5.74) is 2.84. The number of likely N-dealkylation sites (tertiary alicyclic amines) is 1. The van der Waals surface area contributed by atoms with E-state index in [4.69, 9.17) is 0 Å². The zero-order valence-electron chi connectivity index (χ0n) is 15.2. The van der Waals surface area contributed by atoms with E-state index in [9.17, 15) is 8.78 Å². The maximum absolute atomic E-state index is 14.0. The highest BCUT2D eigenvalue weighted by molar-refractivity contribution is 5.79. The smallest absolute Gasteiger partial charge is 0.125 e. The van der Waals surface area contributed by atoms with Gasteiger partial charge in [0.25, 0.3) is 0 Å². The fraction of sp³-hybridized carbons (Fsp3) is 0.429. The van der Waals surface area contributed by atoms with Gasteiger partial charge in [-0.25, -0.2) is 8.78 Å².